The maximum Gasteiger partial charge on any atom is 0.305 e. The van der Waals surface area contributed by atoms with E-state index in [9.17, 15) is 35.1 Å². The van der Waals surface area contributed by atoms with Gasteiger partial charge in [-0.1, -0.05) is 152 Å². The van der Waals surface area contributed by atoms with Crippen molar-refractivity contribution in [2.75, 3.05) is 19.8 Å². The molecule has 1 aliphatic heterocycles. The third-order valence-corrected chi connectivity index (χ3v) is 11.4. The number of amides is 1. The van der Waals surface area contributed by atoms with Crippen molar-refractivity contribution in [2.24, 2.45) is 0 Å². The van der Waals surface area contributed by atoms with Gasteiger partial charge in [0.15, 0.2) is 6.29 Å². The summed E-state index contributed by atoms with van der Waals surface area (Å²) in [5.74, 6) is -0.290. The summed E-state index contributed by atoms with van der Waals surface area (Å²) in [6, 6.07) is -0.831. The monoisotopic (exact) mass is 878 g/mol. The van der Waals surface area contributed by atoms with Crippen molar-refractivity contribution in [2.45, 2.75) is 243 Å². The molecule has 1 rings (SSSR count). The molecule has 1 amide bonds. The summed E-state index contributed by atoms with van der Waals surface area (Å²) in [5, 5.41) is 54.0. The fraction of sp³-hybridized carbons (Fsp3) is 0.804. The summed E-state index contributed by atoms with van der Waals surface area (Å²) in [6.45, 7) is 4.13. The van der Waals surface area contributed by atoms with Crippen LogP contribution in [0.3, 0.4) is 0 Å². The lowest BCUT2D eigenvalue weighted by atomic mass is 9.99. The third kappa shape index (κ3) is 31.5. The van der Waals surface area contributed by atoms with Crippen LogP contribution in [0.15, 0.2) is 48.6 Å². The van der Waals surface area contributed by atoms with Crippen LogP contribution in [0.1, 0.15) is 200 Å². The van der Waals surface area contributed by atoms with Crippen LogP contribution in [0.2, 0.25) is 0 Å². The minimum absolute atomic E-state index is 0.0733. The highest BCUT2D eigenvalue weighted by Gasteiger charge is 2.44. The fourth-order valence-electron chi connectivity index (χ4n) is 7.32. The molecule has 0 aliphatic carbocycles. The van der Waals surface area contributed by atoms with Gasteiger partial charge in [0.05, 0.1) is 32.0 Å². The Morgan fingerprint density at radius 3 is 1.69 bits per heavy atom. The van der Waals surface area contributed by atoms with Crippen molar-refractivity contribution in [3.8, 4) is 0 Å². The molecule has 0 aromatic heterocycles. The van der Waals surface area contributed by atoms with Gasteiger partial charge in [-0.05, 0) is 83.5 Å². The number of allylic oxidation sites excluding steroid dienone is 7. The Morgan fingerprint density at radius 2 is 1.10 bits per heavy atom. The van der Waals surface area contributed by atoms with Crippen molar-refractivity contribution >= 4 is 11.9 Å². The van der Waals surface area contributed by atoms with Crippen LogP contribution in [-0.4, -0.2) is 100 Å². The number of ether oxygens (including phenoxy) is 3. The van der Waals surface area contributed by atoms with E-state index in [-0.39, 0.29) is 18.5 Å². The predicted octanol–water partition coefficient (Wildman–Crippen LogP) is 9.77. The lowest BCUT2D eigenvalue weighted by molar-refractivity contribution is -0.302. The minimum Gasteiger partial charge on any atom is -0.466 e. The van der Waals surface area contributed by atoms with Crippen LogP contribution in [0.25, 0.3) is 0 Å². The quantitative estimate of drug-likeness (QED) is 0.0197. The molecule has 0 radical (unpaired) electrons. The van der Waals surface area contributed by atoms with E-state index < -0.39 is 49.5 Å². The number of unbranched alkanes of at least 4 members (excludes halogenated alkanes) is 21. The number of nitrogens with one attached hydrogen (secondary N) is 1. The first-order valence-electron chi connectivity index (χ1n) is 24.9. The number of carbonyl (C=O) groups excluding carboxylic acids is 2. The first-order valence-corrected chi connectivity index (χ1v) is 24.9. The maximum absolute atomic E-state index is 12.9. The van der Waals surface area contributed by atoms with Gasteiger partial charge in [-0.15, -0.1) is 0 Å². The normalized spacial score (nSPS) is 20.5. The van der Waals surface area contributed by atoms with Gasteiger partial charge in [-0.2, -0.15) is 0 Å². The molecule has 0 aromatic carbocycles. The summed E-state index contributed by atoms with van der Waals surface area (Å²) in [4.78, 5) is 25.0. The van der Waals surface area contributed by atoms with Crippen molar-refractivity contribution in [1.29, 1.82) is 0 Å². The number of hydrogen-bond acceptors (Lipinski definition) is 10. The highest BCUT2D eigenvalue weighted by atomic mass is 16.7. The van der Waals surface area contributed by atoms with Crippen LogP contribution in [0.5, 0.6) is 0 Å². The first-order chi connectivity index (χ1) is 30.2. The van der Waals surface area contributed by atoms with Gasteiger partial charge in [0.2, 0.25) is 5.91 Å². The van der Waals surface area contributed by atoms with E-state index in [0.29, 0.717) is 25.9 Å². The van der Waals surface area contributed by atoms with Crippen molar-refractivity contribution in [3.05, 3.63) is 48.6 Å². The van der Waals surface area contributed by atoms with Crippen LogP contribution in [0.4, 0.5) is 0 Å². The molecule has 0 spiro atoms. The second-order valence-electron chi connectivity index (χ2n) is 17.2. The second-order valence-corrected chi connectivity index (χ2v) is 17.2. The fourth-order valence-corrected chi connectivity index (χ4v) is 7.32. The molecule has 1 saturated heterocycles. The van der Waals surface area contributed by atoms with E-state index in [2.05, 4.69) is 55.6 Å². The van der Waals surface area contributed by atoms with E-state index in [1.54, 1.807) is 6.08 Å². The van der Waals surface area contributed by atoms with Crippen molar-refractivity contribution in [1.82, 2.24) is 5.32 Å². The Hall–Kier alpha value is -2.38. The molecule has 1 fully saturated rings. The zero-order valence-corrected chi connectivity index (χ0v) is 39.1. The Kier molecular flexibility index (Phi) is 38.4. The molecule has 1 aliphatic rings. The minimum atomic E-state index is -1.58. The maximum atomic E-state index is 12.9. The highest BCUT2D eigenvalue weighted by Crippen LogP contribution is 2.22. The van der Waals surface area contributed by atoms with Gasteiger partial charge in [0, 0.05) is 12.8 Å². The molecule has 0 bridgehead atoms. The highest BCUT2D eigenvalue weighted by molar-refractivity contribution is 5.76. The summed E-state index contributed by atoms with van der Waals surface area (Å²) in [6.07, 6.45) is 39.1. The molecule has 0 aromatic rings. The largest absolute Gasteiger partial charge is 0.466 e. The number of hydrogen-bond donors (Lipinski definition) is 6. The first kappa shape index (κ1) is 57.6. The molecule has 0 saturated carbocycles. The molecule has 1 heterocycles. The van der Waals surface area contributed by atoms with Gasteiger partial charge < -0.3 is 45.1 Å². The summed E-state index contributed by atoms with van der Waals surface area (Å²) in [7, 11) is 0. The molecule has 7 atom stereocenters. The number of esters is 1. The zero-order valence-electron chi connectivity index (χ0n) is 39.1. The van der Waals surface area contributed by atoms with E-state index in [1.807, 2.05) is 6.08 Å². The summed E-state index contributed by atoms with van der Waals surface area (Å²) in [5.41, 5.74) is 0. The van der Waals surface area contributed by atoms with Gasteiger partial charge in [0.1, 0.15) is 24.4 Å². The van der Waals surface area contributed by atoms with Crippen molar-refractivity contribution in [3.63, 3.8) is 0 Å². The van der Waals surface area contributed by atoms with Gasteiger partial charge in [0.25, 0.3) is 0 Å². The molecular formula is C51H91NO10. The third-order valence-electron chi connectivity index (χ3n) is 11.4. The lowest BCUT2D eigenvalue weighted by Gasteiger charge is -2.40. The average molecular weight is 878 g/mol. The standard InChI is InChI=1S/C51H91NO10/c1-3-5-7-9-11-13-14-15-16-19-23-27-31-35-39-47(56)60-40-36-32-28-24-20-17-18-22-26-30-34-38-46(55)52-43(44(54)37-33-29-25-21-12-10-8-6-4-2)42-61-51-50(59)49(58)48(57)45(41-53)62-51/h9,11,14-15,20,24,33,37,43-45,48-51,53-54,57-59H,3-8,10,12-13,16-19,21-23,25-32,34-36,38-42H2,1-2H3,(H,52,55)/b11-9-,15-14-,24-20-,37-33+. The molecule has 11 heteroatoms. The molecule has 360 valence electrons. The Morgan fingerprint density at radius 1 is 0.597 bits per heavy atom. The number of aliphatic hydroxyl groups is 5. The Labute approximate surface area is 376 Å². The second kappa shape index (κ2) is 41.3. The SMILES string of the molecule is CCCC/C=C\C/C=C\CCCCCCCC(=O)OCCCC/C=C\CCCCCCCC(=O)NC(COC1OC(CO)C(O)C(O)C1O)C(O)/C=C/CCCCCCCCC. The lowest BCUT2D eigenvalue weighted by Crippen LogP contribution is -2.60. The smallest absolute Gasteiger partial charge is 0.305 e. The molecule has 6 N–H and O–H groups in total. The van der Waals surface area contributed by atoms with Crippen molar-refractivity contribution < 1.29 is 49.3 Å². The number of rotatable bonds is 41. The summed E-state index contributed by atoms with van der Waals surface area (Å²) < 4.78 is 16.6. The average Bonchev–Trinajstić information content (AvgIpc) is 3.27. The predicted molar refractivity (Wildman–Crippen MR) is 250 cm³/mol. The topological polar surface area (TPSA) is 175 Å². The van der Waals surface area contributed by atoms with Crippen LogP contribution in [0, 0.1) is 0 Å². The van der Waals surface area contributed by atoms with E-state index in [4.69, 9.17) is 14.2 Å². The number of aliphatic hydroxyl groups excluding tert-OH is 5. The van der Waals surface area contributed by atoms with Gasteiger partial charge >= 0.3 is 5.97 Å². The molecular weight excluding hydrogens is 787 g/mol. The number of carbonyl (C=O) groups is 2. The van der Waals surface area contributed by atoms with Crippen LogP contribution in [-0.2, 0) is 23.8 Å². The van der Waals surface area contributed by atoms with Crippen LogP contribution >= 0.6 is 0 Å². The zero-order chi connectivity index (χ0) is 45.3. The van der Waals surface area contributed by atoms with E-state index >= 15 is 0 Å². The van der Waals surface area contributed by atoms with E-state index in [0.717, 1.165) is 96.3 Å². The summed E-state index contributed by atoms with van der Waals surface area (Å²) >= 11 is 0. The van der Waals surface area contributed by atoms with Gasteiger partial charge in [-0.25, -0.2) is 0 Å². The molecule has 7 unspecified atom stereocenters. The van der Waals surface area contributed by atoms with Gasteiger partial charge in [-0.3, -0.25) is 9.59 Å². The Bertz CT molecular complexity index is 1170. The molecule has 11 nitrogen and oxygen atoms in total. The Balaban J connectivity index is 2.19. The van der Waals surface area contributed by atoms with Crippen LogP contribution < -0.4 is 5.32 Å². The molecule has 62 heavy (non-hydrogen) atoms. The van der Waals surface area contributed by atoms with E-state index in [1.165, 1.54) is 70.6 Å².